The van der Waals surface area contributed by atoms with Gasteiger partial charge in [-0.3, -0.25) is 14.4 Å². The van der Waals surface area contributed by atoms with Crippen LogP contribution in [0.4, 0.5) is 0 Å². The van der Waals surface area contributed by atoms with Gasteiger partial charge in [-0.2, -0.15) is 0 Å². The lowest BCUT2D eigenvalue weighted by molar-refractivity contribution is -0.137. The summed E-state index contributed by atoms with van der Waals surface area (Å²) in [5, 5.41) is 24.2. The molecule has 2 amide bonds. The topological polar surface area (TPSA) is 132 Å². The molecule has 0 saturated carbocycles. The van der Waals surface area contributed by atoms with Crippen molar-refractivity contribution in [2.45, 2.75) is 84.5 Å². The first kappa shape index (κ1) is 27.3. The van der Waals surface area contributed by atoms with Gasteiger partial charge in [-0.1, -0.05) is 27.7 Å². The van der Waals surface area contributed by atoms with Crippen molar-refractivity contribution in [3.05, 3.63) is 0 Å². The van der Waals surface area contributed by atoms with E-state index in [0.717, 1.165) is 13.0 Å². The molecule has 0 fully saturated rings. The Balaban J connectivity index is 4.33. The molecule has 0 radical (unpaired) electrons. The largest absolute Gasteiger partial charge is 0.481 e. The number of nitrogens with one attached hydrogen (secondary N) is 5. The quantitative estimate of drug-likeness (QED) is 0.187. The molecule has 3 atom stereocenters. The van der Waals surface area contributed by atoms with E-state index in [-0.39, 0.29) is 42.8 Å². The van der Waals surface area contributed by atoms with Gasteiger partial charge in [0.1, 0.15) is 0 Å². The first-order valence-electron chi connectivity index (χ1n) is 10.7. The zero-order valence-electron chi connectivity index (χ0n) is 18.6. The summed E-state index contributed by atoms with van der Waals surface area (Å²) in [6.07, 6.45) is 1.63. The highest BCUT2D eigenvalue weighted by molar-refractivity contribution is 5.83. The van der Waals surface area contributed by atoms with Crippen LogP contribution in [0.5, 0.6) is 0 Å². The summed E-state index contributed by atoms with van der Waals surface area (Å²) in [7, 11) is 0. The maximum absolute atomic E-state index is 12.4. The Morgan fingerprint density at radius 1 is 0.897 bits per heavy atom. The molecular weight excluding hydrogens is 374 g/mol. The summed E-state index contributed by atoms with van der Waals surface area (Å²) >= 11 is 0. The number of carbonyl (C=O) groups excluding carboxylic acids is 2. The number of amides is 2. The average molecular weight is 416 g/mol. The second-order valence-corrected chi connectivity index (χ2v) is 7.58. The van der Waals surface area contributed by atoms with Gasteiger partial charge in [-0.25, -0.2) is 0 Å². The number of hydrogen-bond donors (Lipinski definition) is 6. The summed E-state index contributed by atoms with van der Waals surface area (Å²) < 4.78 is 0. The molecule has 0 aromatic rings. The van der Waals surface area contributed by atoms with Crippen LogP contribution in [0.3, 0.4) is 0 Å². The molecule has 9 nitrogen and oxygen atoms in total. The Morgan fingerprint density at radius 3 is 1.97 bits per heavy atom. The van der Waals surface area contributed by atoms with Crippen LogP contribution in [0.15, 0.2) is 0 Å². The van der Waals surface area contributed by atoms with Gasteiger partial charge in [0, 0.05) is 38.1 Å². The molecule has 1 unspecified atom stereocenters. The van der Waals surface area contributed by atoms with Gasteiger partial charge in [0.2, 0.25) is 11.8 Å². The maximum Gasteiger partial charge on any atom is 0.303 e. The van der Waals surface area contributed by atoms with Crippen molar-refractivity contribution >= 4 is 17.8 Å². The maximum atomic E-state index is 12.4. The van der Waals surface area contributed by atoms with Crippen molar-refractivity contribution in [2.75, 3.05) is 26.2 Å². The number of carboxylic acid groups (broad SMARTS) is 1. The van der Waals surface area contributed by atoms with E-state index in [9.17, 15) is 14.4 Å². The number of aliphatic carboxylic acids is 1. The molecule has 0 heterocycles. The fourth-order valence-corrected chi connectivity index (χ4v) is 2.70. The first-order valence-corrected chi connectivity index (χ1v) is 10.7. The Bertz CT molecular complexity index is 487. The lowest BCUT2D eigenvalue weighted by atomic mass is 10.1. The molecule has 0 saturated heterocycles. The predicted molar refractivity (Wildman–Crippen MR) is 115 cm³/mol. The zero-order valence-corrected chi connectivity index (χ0v) is 18.6. The molecule has 29 heavy (non-hydrogen) atoms. The fourth-order valence-electron chi connectivity index (χ4n) is 2.70. The molecule has 6 N–H and O–H groups in total. The minimum atomic E-state index is -0.918. The Morgan fingerprint density at radius 2 is 1.48 bits per heavy atom. The normalized spacial score (nSPS) is 14.3. The van der Waals surface area contributed by atoms with Gasteiger partial charge in [-0.15, -0.1) is 0 Å². The minimum absolute atomic E-state index is 0.0619. The van der Waals surface area contributed by atoms with Crippen LogP contribution in [-0.2, 0) is 14.4 Å². The number of hydrogen-bond acceptors (Lipinski definition) is 6. The monoisotopic (exact) mass is 415 g/mol. The predicted octanol–water partition coefficient (Wildman–Crippen LogP) is 0.207. The van der Waals surface area contributed by atoms with E-state index in [1.807, 2.05) is 34.6 Å². The van der Waals surface area contributed by atoms with Crippen molar-refractivity contribution in [1.82, 2.24) is 26.6 Å². The average Bonchev–Trinajstić information content (AvgIpc) is 2.66. The second kappa shape index (κ2) is 16.1. The third-order valence-electron chi connectivity index (χ3n) is 4.46. The van der Waals surface area contributed by atoms with Crippen molar-refractivity contribution in [3.8, 4) is 0 Å². The van der Waals surface area contributed by atoms with Crippen molar-refractivity contribution in [3.63, 3.8) is 0 Å². The molecule has 170 valence electrons. The van der Waals surface area contributed by atoms with Crippen LogP contribution >= 0.6 is 0 Å². The molecule has 0 aromatic heterocycles. The number of rotatable bonds is 17. The lowest BCUT2D eigenvalue weighted by Crippen LogP contribution is -2.52. The van der Waals surface area contributed by atoms with Crippen molar-refractivity contribution in [2.24, 2.45) is 0 Å². The van der Waals surface area contributed by atoms with Gasteiger partial charge in [0.25, 0.3) is 0 Å². The van der Waals surface area contributed by atoms with Crippen LogP contribution in [0.2, 0.25) is 0 Å². The van der Waals surface area contributed by atoms with E-state index in [1.54, 1.807) is 0 Å². The van der Waals surface area contributed by atoms with Gasteiger partial charge >= 0.3 is 5.97 Å². The molecular formula is C20H41N5O4. The van der Waals surface area contributed by atoms with Gasteiger partial charge < -0.3 is 31.7 Å². The van der Waals surface area contributed by atoms with E-state index >= 15 is 0 Å². The highest BCUT2D eigenvalue weighted by Crippen LogP contribution is 2.02. The number of likely N-dealkylation sites (N-methyl/N-ethyl adjacent to an activating group) is 1. The van der Waals surface area contributed by atoms with E-state index in [2.05, 4.69) is 26.6 Å². The SMILES string of the molecule is CCNC[C@H](NC(C)C)C(=O)NCCCNC(=O)[C@H](CCC(=O)O)NC(C)CC. The van der Waals surface area contributed by atoms with Crippen LogP contribution in [-0.4, -0.2) is 73.2 Å². The summed E-state index contributed by atoms with van der Waals surface area (Å²) in [6.45, 7) is 12.2. The minimum Gasteiger partial charge on any atom is -0.481 e. The van der Waals surface area contributed by atoms with Crippen LogP contribution in [0.1, 0.15) is 60.3 Å². The van der Waals surface area contributed by atoms with Gasteiger partial charge in [-0.05, 0) is 32.7 Å². The summed E-state index contributed by atoms with van der Waals surface area (Å²) in [6, 6.07) is -0.509. The summed E-state index contributed by atoms with van der Waals surface area (Å²) in [5.41, 5.74) is 0. The third kappa shape index (κ3) is 14.0. The number of carboxylic acids is 1. The molecule has 9 heteroatoms. The van der Waals surface area contributed by atoms with Crippen LogP contribution < -0.4 is 26.6 Å². The highest BCUT2D eigenvalue weighted by Gasteiger charge is 2.21. The highest BCUT2D eigenvalue weighted by atomic mass is 16.4. The smallest absolute Gasteiger partial charge is 0.303 e. The standard InChI is InChI=1S/C20H41N5O4/c1-6-15(5)25-16(9-10-18(26)27)19(28)22-11-8-12-23-20(29)17(13-21-7-2)24-14(3)4/h14-17,21,24-25H,6-13H2,1-5H3,(H,22,28)(H,23,29)(H,26,27)/t15?,16-,17-/m0/s1. The lowest BCUT2D eigenvalue weighted by Gasteiger charge is -2.22. The molecule has 0 rings (SSSR count). The first-order chi connectivity index (χ1) is 13.7. The summed E-state index contributed by atoms with van der Waals surface area (Å²) in [4.78, 5) is 35.5. The third-order valence-corrected chi connectivity index (χ3v) is 4.46. The Hall–Kier alpha value is -1.71. The Labute approximate surface area is 175 Å². The molecule has 0 bridgehead atoms. The number of carbonyl (C=O) groups is 3. The van der Waals surface area contributed by atoms with E-state index in [4.69, 9.17) is 5.11 Å². The zero-order chi connectivity index (χ0) is 22.2. The second-order valence-electron chi connectivity index (χ2n) is 7.58. The van der Waals surface area contributed by atoms with Crippen LogP contribution in [0, 0.1) is 0 Å². The van der Waals surface area contributed by atoms with Crippen LogP contribution in [0.25, 0.3) is 0 Å². The van der Waals surface area contributed by atoms with Crippen molar-refractivity contribution < 1.29 is 19.5 Å². The molecule has 0 aliphatic rings. The van der Waals surface area contributed by atoms with E-state index in [1.165, 1.54) is 0 Å². The van der Waals surface area contributed by atoms with E-state index < -0.39 is 12.0 Å². The molecule has 0 aliphatic heterocycles. The van der Waals surface area contributed by atoms with E-state index in [0.29, 0.717) is 26.1 Å². The van der Waals surface area contributed by atoms with Crippen molar-refractivity contribution in [1.29, 1.82) is 0 Å². The van der Waals surface area contributed by atoms with Gasteiger partial charge in [0.05, 0.1) is 12.1 Å². The van der Waals surface area contributed by atoms with Gasteiger partial charge in [0.15, 0.2) is 0 Å². The molecule has 0 spiro atoms. The summed E-state index contributed by atoms with van der Waals surface area (Å²) in [5.74, 6) is -1.19. The Kier molecular flexibility index (Phi) is 15.2. The fraction of sp³-hybridized carbons (Fsp3) is 0.850. The molecule has 0 aliphatic carbocycles. The molecule has 0 aromatic carbocycles.